The fourth-order valence-electron chi connectivity index (χ4n) is 2.85. The molecular weight excluding hydrogens is 514 g/mol. The molecule has 12 heteroatoms. The third kappa shape index (κ3) is 6.88. The summed E-state index contributed by atoms with van der Waals surface area (Å²) in [5.74, 6) is -0.659. The molecule has 10 nitrogen and oxygen atoms in total. The van der Waals surface area contributed by atoms with Gasteiger partial charge >= 0.3 is 0 Å². The Hall–Kier alpha value is -3.22. The van der Waals surface area contributed by atoms with Gasteiger partial charge in [-0.3, -0.25) is 19.7 Å². The fourth-order valence-corrected chi connectivity index (χ4v) is 4.01. The van der Waals surface area contributed by atoms with Crippen LogP contribution in [-0.2, 0) is 9.53 Å². The van der Waals surface area contributed by atoms with Gasteiger partial charge in [-0.1, -0.05) is 39.4 Å². The summed E-state index contributed by atoms with van der Waals surface area (Å²) in [7, 11) is 1.51. The van der Waals surface area contributed by atoms with Gasteiger partial charge in [-0.25, -0.2) is 0 Å². The van der Waals surface area contributed by atoms with Crippen molar-refractivity contribution in [2.75, 3.05) is 32.1 Å². The summed E-state index contributed by atoms with van der Waals surface area (Å²) < 4.78 is 5.97. The Kier molecular flexibility index (Phi) is 8.58. The van der Waals surface area contributed by atoms with Crippen molar-refractivity contribution in [3.8, 4) is 10.6 Å². The van der Waals surface area contributed by atoms with Crippen molar-refractivity contribution in [2.24, 2.45) is 0 Å². The van der Waals surface area contributed by atoms with Crippen LogP contribution in [0.3, 0.4) is 0 Å². The van der Waals surface area contributed by atoms with Crippen LogP contribution >= 0.6 is 27.3 Å². The van der Waals surface area contributed by atoms with E-state index in [0.29, 0.717) is 15.7 Å². The lowest BCUT2D eigenvalue weighted by atomic mass is 10.1. The number of nitrogens with zero attached hydrogens (tertiary/aromatic N) is 4. The smallest absolute Gasteiger partial charge is 0.269 e. The van der Waals surface area contributed by atoms with Crippen LogP contribution in [0.5, 0.6) is 0 Å². The van der Waals surface area contributed by atoms with Crippen molar-refractivity contribution >= 4 is 49.9 Å². The van der Waals surface area contributed by atoms with Crippen LogP contribution in [0.1, 0.15) is 16.8 Å². The number of carbonyl (C=O) groups is 2. The molecule has 3 rings (SSSR count). The lowest BCUT2D eigenvalue weighted by molar-refractivity contribution is -0.384. The standard InChI is InChI=1S/C21H20BrN5O5S/c1-32-12-11-26(20(29)14-5-7-17(8-6-14)27(30)31)10-9-18(28)23-21-25-24-19(33-21)15-3-2-4-16(22)13-15/h2-8,13H,9-12H2,1H3,(H,23,25,28). The van der Waals surface area contributed by atoms with Gasteiger partial charge in [0.25, 0.3) is 11.6 Å². The Morgan fingerprint density at radius 3 is 2.61 bits per heavy atom. The molecule has 3 aromatic rings. The molecule has 1 aromatic heterocycles. The molecule has 172 valence electrons. The van der Waals surface area contributed by atoms with Gasteiger partial charge in [0.1, 0.15) is 5.01 Å². The molecule has 1 heterocycles. The summed E-state index contributed by atoms with van der Waals surface area (Å²) in [6.07, 6.45) is 0.0359. The molecule has 0 radical (unpaired) electrons. The maximum atomic E-state index is 12.8. The van der Waals surface area contributed by atoms with E-state index in [1.165, 1.54) is 47.6 Å². The Bertz CT molecular complexity index is 1140. The molecule has 0 aliphatic heterocycles. The quantitative estimate of drug-likeness (QED) is 0.308. The number of aromatic nitrogens is 2. The molecule has 0 bridgehead atoms. The predicted octanol–water partition coefficient (Wildman–Crippen LogP) is 3.99. The zero-order valence-corrected chi connectivity index (χ0v) is 20.0. The molecule has 2 amide bonds. The van der Waals surface area contributed by atoms with Gasteiger partial charge in [0, 0.05) is 54.4 Å². The normalized spacial score (nSPS) is 10.6. The molecular formula is C21H20BrN5O5S. The number of nitro groups is 1. The number of amides is 2. The van der Waals surface area contributed by atoms with Crippen molar-refractivity contribution in [3.05, 3.63) is 68.7 Å². The Morgan fingerprint density at radius 2 is 1.94 bits per heavy atom. The monoisotopic (exact) mass is 533 g/mol. The number of benzene rings is 2. The first-order chi connectivity index (χ1) is 15.9. The zero-order valence-electron chi connectivity index (χ0n) is 17.6. The molecule has 1 N–H and O–H groups in total. The van der Waals surface area contributed by atoms with Crippen molar-refractivity contribution in [1.29, 1.82) is 0 Å². The van der Waals surface area contributed by atoms with Crippen LogP contribution in [-0.4, -0.2) is 58.6 Å². The van der Waals surface area contributed by atoms with E-state index in [2.05, 4.69) is 31.4 Å². The van der Waals surface area contributed by atoms with Crippen LogP contribution in [0, 0.1) is 10.1 Å². The van der Waals surface area contributed by atoms with Crippen LogP contribution in [0.15, 0.2) is 53.0 Å². The summed E-state index contributed by atoms with van der Waals surface area (Å²) in [6.45, 7) is 0.695. The Morgan fingerprint density at radius 1 is 1.18 bits per heavy atom. The number of nitro benzene ring substituents is 1. The number of ether oxygens (including phenoxy) is 1. The summed E-state index contributed by atoms with van der Waals surface area (Å²) in [4.78, 5) is 37.0. The molecule has 2 aromatic carbocycles. The second kappa shape index (κ2) is 11.6. The van der Waals surface area contributed by atoms with E-state index in [4.69, 9.17) is 4.74 Å². The van der Waals surface area contributed by atoms with Crippen molar-refractivity contribution in [2.45, 2.75) is 6.42 Å². The highest BCUT2D eigenvalue weighted by Gasteiger charge is 2.19. The van der Waals surface area contributed by atoms with Gasteiger partial charge < -0.3 is 15.0 Å². The van der Waals surface area contributed by atoms with E-state index >= 15 is 0 Å². The number of rotatable bonds is 10. The SMILES string of the molecule is COCCN(CCC(=O)Nc1nnc(-c2cccc(Br)c2)s1)C(=O)c1ccc([N+](=O)[O-])cc1. The second-order valence-corrected chi connectivity index (χ2v) is 8.70. The van der Waals surface area contributed by atoms with Crippen LogP contribution in [0.2, 0.25) is 0 Å². The first kappa shape index (κ1) is 24.4. The fraction of sp³-hybridized carbons (Fsp3) is 0.238. The largest absolute Gasteiger partial charge is 0.383 e. The van der Waals surface area contributed by atoms with Gasteiger partial charge in [-0.05, 0) is 24.3 Å². The number of nitrogens with one attached hydrogen (secondary N) is 1. The number of carbonyl (C=O) groups excluding carboxylic acids is 2. The molecule has 33 heavy (non-hydrogen) atoms. The number of non-ortho nitro benzene ring substituents is 1. The third-order valence-corrected chi connectivity index (χ3v) is 5.91. The average Bonchev–Trinajstić information content (AvgIpc) is 3.27. The lowest BCUT2D eigenvalue weighted by Gasteiger charge is -2.22. The lowest BCUT2D eigenvalue weighted by Crippen LogP contribution is -2.36. The van der Waals surface area contributed by atoms with Crippen molar-refractivity contribution < 1.29 is 19.2 Å². The number of hydrogen-bond donors (Lipinski definition) is 1. The summed E-state index contributed by atoms with van der Waals surface area (Å²) >= 11 is 4.66. The van der Waals surface area contributed by atoms with E-state index in [0.717, 1.165) is 10.0 Å². The third-order valence-electron chi connectivity index (χ3n) is 4.53. The summed E-state index contributed by atoms with van der Waals surface area (Å²) in [6, 6.07) is 12.9. The minimum Gasteiger partial charge on any atom is -0.383 e. The van der Waals surface area contributed by atoms with Crippen molar-refractivity contribution in [1.82, 2.24) is 15.1 Å². The molecule has 0 saturated heterocycles. The van der Waals surface area contributed by atoms with Gasteiger partial charge in [-0.15, -0.1) is 10.2 Å². The second-order valence-electron chi connectivity index (χ2n) is 6.81. The van der Waals surface area contributed by atoms with Gasteiger partial charge in [0.15, 0.2) is 0 Å². The first-order valence-electron chi connectivity index (χ1n) is 9.79. The maximum Gasteiger partial charge on any atom is 0.269 e. The van der Waals surface area contributed by atoms with E-state index in [9.17, 15) is 19.7 Å². The molecule has 0 spiro atoms. The molecule has 0 saturated carbocycles. The molecule has 0 aliphatic rings. The Balaban J connectivity index is 1.60. The van der Waals surface area contributed by atoms with Crippen LogP contribution in [0.4, 0.5) is 10.8 Å². The molecule has 0 unspecified atom stereocenters. The topological polar surface area (TPSA) is 128 Å². The number of methoxy groups -OCH3 is 1. The van der Waals surface area contributed by atoms with E-state index in [1.807, 2.05) is 24.3 Å². The Labute approximate surface area is 201 Å². The van der Waals surface area contributed by atoms with Gasteiger partial charge in [-0.2, -0.15) is 0 Å². The number of anilines is 1. The average molecular weight is 534 g/mol. The van der Waals surface area contributed by atoms with Crippen LogP contribution in [0.25, 0.3) is 10.6 Å². The summed E-state index contributed by atoms with van der Waals surface area (Å²) in [5.41, 5.74) is 1.07. The number of halogens is 1. The van der Waals surface area contributed by atoms with Gasteiger partial charge in [0.05, 0.1) is 11.5 Å². The van der Waals surface area contributed by atoms with Crippen LogP contribution < -0.4 is 5.32 Å². The summed E-state index contributed by atoms with van der Waals surface area (Å²) in [5, 5.41) is 22.7. The molecule has 0 fully saturated rings. The number of hydrogen-bond acceptors (Lipinski definition) is 8. The zero-order chi connectivity index (χ0) is 23.8. The first-order valence-corrected chi connectivity index (χ1v) is 11.4. The maximum absolute atomic E-state index is 12.8. The van der Waals surface area contributed by atoms with E-state index in [1.54, 1.807) is 0 Å². The van der Waals surface area contributed by atoms with E-state index in [-0.39, 0.29) is 43.6 Å². The minimum absolute atomic E-state index is 0.0359. The van der Waals surface area contributed by atoms with Crippen molar-refractivity contribution in [3.63, 3.8) is 0 Å². The predicted molar refractivity (Wildman–Crippen MR) is 127 cm³/mol. The minimum atomic E-state index is -0.531. The highest BCUT2D eigenvalue weighted by Crippen LogP contribution is 2.28. The van der Waals surface area contributed by atoms with E-state index < -0.39 is 4.92 Å². The molecule has 0 atom stereocenters. The van der Waals surface area contributed by atoms with Gasteiger partial charge in [0.2, 0.25) is 11.0 Å². The molecule has 0 aliphatic carbocycles. The highest BCUT2D eigenvalue weighted by atomic mass is 79.9. The highest BCUT2D eigenvalue weighted by molar-refractivity contribution is 9.10.